The van der Waals surface area contributed by atoms with Gasteiger partial charge >= 0.3 is 0 Å². The maximum atomic E-state index is 12.5. The van der Waals surface area contributed by atoms with Gasteiger partial charge in [0.25, 0.3) is 5.91 Å². The number of carbonyl (C=O) groups excluding carboxylic acids is 2. The van der Waals surface area contributed by atoms with Gasteiger partial charge in [-0.05, 0) is 31.4 Å². The summed E-state index contributed by atoms with van der Waals surface area (Å²) in [5.74, 6) is 0.161. The summed E-state index contributed by atoms with van der Waals surface area (Å²) in [7, 11) is 0. The summed E-state index contributed by atoms with van der Waals surface area (Å²) in [4.78, 5) is 26.8. The number of piperidine rings is 1. The standard InChI is InChI=1S/C17H24N2O2S/c1-2-3-8-16(20)18-13-9-11-19(12-10-13)17(21)14-6-4-5-7-15(14)22/h4-7,13,22H,2-3,8-12H2,1H3,(H,18,20). The van der Waals surface area contributed by atoms with Crippen LogP contribution in [0.4, 0.5) is 0 Å². The van der Waals surface area contributed by atoms with Crippen LogP contribution in [0.1, 0.15) is 49.4 Å². The summed E-state index contributed by atoms with van der Waals surface area (Å²) in [6.45, 7) is 3.44. The highest BCUT2D eigenvalue weighted by Gasteiger charge is 2.25. The molecular formula is C17H24N2O2S. The molecule has 1 aliphatic heterocycles. The Morgan fingerprint density at radius 3 is 2.59 bits per heavy atom. The van der Waals surface area contributed by atoms with E-state index in [0.717, 1.165) is 25.7 Å². The highest BCUT2D eigenvalue weighted by molar-refractivity contribution is 7.80. The van der Waals surface area contributed by atoms with Crippen LogP contribution < -0.4 is 5.32 Å². The SMILES string of the molecule is CCCCC(=O)NC1CCN(C(=O)c2ccccc2S)CC1. The molecule has 0 radical (unpaired) electrons. The van der Waals surface area contributed by atoms with Crippen molar-refractivity contribution in [3.8, 4) is 0 Å². The molecule has 4 nitrogen and oxygen atoms in total. The van der Waals surface area contributed by atoms with Gasteiger partial charge in [-0.15, -0.1) is 12.6 Å². The van der Waals surface area contributed by atoms with E-state index in [-0.39, 0.29) is 17.9 Å². The van der Waals surface area contributed by atoms with Gasteiger partial charge in [0.05, 0.1) is 5.56 Å². The zero-order valence-corrected chi connectivity index (χ0v) is 13.9. The number of rotatable bonds is 5. The number of carbonyl (C=O) groups is 2. The Morgan fingerprint density at radius 2 is 1.95 bits per heavy atom. The zero-order valence-electron chi connectivity index (χ0n) is 13.0. The van der Waals surface area contributed by atoms with Crippen molar-refractivity contribution in [1.29, 1.82) is 0 Å². The third-order valence-electron chi connectivity index (χ3n) is 4.04. The molecule has 0 unspecified atom stereocenters. The molecule has 0 aliphatic carbocycles. The lowest BCUT2D eigenvalue weighted by atomic mass is 10.0. The van der Waals surface area contributed by atoms with E-state index in [1.807, 2.05) is 29.2 Å². The first-order valence-electron chi connectivity index (χ1n) is 7.98. The number of nitrogens with zero attached hydrogens (tertiary/aromatic N) is 1. The van der Waals surface area contributed by atoms with Gasteiger partial charge in [-0.2, -0.15) is 0 Å². The molecule has 1 saturated heterocycles. The Balaban J connectivity index is 1.83. The van der Waals surface area contributed by atoms with E-state index >= 15 is 0 Å². The average Bonchev–Trinajstić information content (AvgIpc) is 2.53. The fraction of sp³-hybridized carbons (Fsp3) is 0.529. The lowest BCUT2D eigenvalue weighted by Crippen LogP contribution is -2.46. The minimum Gasteiger partial charge on any atom is -0.353 e. The second-order valence-electron chi connectivity index (χ2n) is 5.75. The molecular weight excluding hydrogens is 296 g/mol. The minimum atomic E-state index is 0.0290. The van der Waals surface area contributed by atoms with Crippen LogP contribution in [0.25, 0.3) is 0 Å². The molecule has 2 amide bonds. The van der Waals surface area contributed by atoms with Gasteiger partial charge in [0.2, 0.25) is 5.91 Å². The van der Waals surface area contributed by atoms with Gasteiger partial charge in [-0.25, -0.2) is 0 Å². The normalized spacial score (nSPS) is 15.6. The molecule has 1 heterocycles. The van der Waals surface area contributed by atoms with E-state index in [2.05, 4.69) is 24.9 Å². The highest BCUT2D eigenvalue weighted by Crippen LogP contribution is 2.19. The summed E-state index contributed by atoms with van der Waals surface area (Å²) in [6, 6.07) is 7.56. The van der Waals surface area contributed by atoms with E-state index in [4.69, 9.17) is 0 Å². The molecule has 2 rings (SSSR count). The summed E-state index contributed by atoms with van der Waals surface area (Å²) >= 11 is 4.35. The first kappa shape index (κ1) is 16.9. The number of benzene rings is 1. The topological polar surface area (TPSA) is 49.4 Å². The monoisotopic (exact) mass is 320 g/mol. The zero-order chi connectivity index (χ0) is 15.9. The van der Waals surface area contributed by atoms with Gasteiger partial charge in [-0.1, -0.05) is 25.5 Å². The first-order chi connectivity index (χ1) is 10.6. The average molecular weight is 320 g/mol. The van der Waals surface area contributed by atoms with Gasteiger partial charge in [0.15, 0.2) is 0 Å². The molecule has 0 spiro atoms. The van der Waals surface area contributed by atoms with E-state index in [9.17, 15) is 9.59 Å². The molecule has 1 aliphatic rings. The molecule has 0 bridgehead atoms. The maximum absolute atomic E-state index is 12.5. The van der Waals surface area contributed by atoms with E-state index in [1.165, 1.54) is 0 Å². The molecule has 0 saturated carbocycles. The van der Waals surface area contributed by atoms with Gasteiger partial charge in [-0.3, -0.25) is 9.59 Å². The Morgan fingerprint density at radius 1 is 1.27 bits per heavy atom. The number of hydrogen-bond donors (Lipinski definition) is 2. The van der Waals surface area contributed by atoms with Crippen molar-refractivity contribution in [2.45, 2.75) is 50.0 Å². The van der Waals surface area contributed by atoms with Crippen LogP contribution in [0, 0.1) is 0 Å². The number of unbranched alkanes of at least 4 members (excludes halogenated alkanes) is 1. The third-order valence-corrected chi connectivity index (χ3v) is 4.43. The first-order valence-corrected chi connectivity index (χ1v) is 8.43. The number of amides is 2. The van der Waals surface area contributed by atoms with Crippen LogP contribution in [0.2, 0.25) is 0 Å². The van der Waals surface area contributed by atoms with Crippen LogP contribution >= 0.6 is 12.6 Å². The molecule has 1 fully saturated rings. The number of likely N-dealkylation sites (tertiary alicyclic amines) is 1. The lowest BCUT2D eigenvalue weighted by molar-refractivity contribution is -0.122. The lowest BCUT2D eigenvalue weighted by Gasteiger charge is -2.32. The molecule has 22 heavy (non-hydrogen) atoms. The summed E-state index contributed by atoms with van der Waals surface area (Å²) in [5, 5.41) is 3.07. The smallest absolute Gasteiger partial charge is 0.254 e. The van der Waals surface area contributed by atoms with Gasteiger partial charge < -0.3 is 10.2 Å². The van der Waals surface area contributed by atoms with Crippen molar-refractivity contribution in [2.24, 2.45) is 0 Å². The Labute approximate surface area is 137 Å². The van der Waals surface area contributed by atoms with E-state index < -0.39 is 0 Å². The molecule has 5 heteroatoms. The summed E-state index contributed by atoms with van der Waals surface area (Å²) in [5.41, 5.74) is 0.649. The van der Waals surface area contributed by atoms with E-state index in [1.54, 1.807) is 0 Å². The van der Waals surface area contributed by atoms with Crippen LogP contribution in [0.3, 0.4) is 0 Å². The maximum Gasteiger partial charge on any atom is 0.254 e. The Hall–Kier alpha value is -1.49. The second-order valence-corrected chi connectivity index (χ2v) is 6.24. The van der Waals surface area contributed by atoms with Crippen molar-refractivity contribution < 1.29 is 9.59 Å². The van der Waals surface area contributed by atoms with Crippen molar-refractivity contribution in [1.82, 2.24) is 10.2 Å². The number of hydrogen-bond acceptors (Lipinski definition) is 3. The number of thiol groups is 1. The molecule has 1 aromatic carbocycles. The third kappa shape index (κ3) is 4.50. The van der Waals surface area contributed by atoms with Crippen LogP contribution in [-0.4, -0.2) is 35.8 Å². The van der Waals surface area contributed by atoms with E-state index in [0.29, 0.717) is 30.0 Å². The molecule has 1 aromatic rings. The number of nitrogens with one attached hydrogen (secondary N) is 1. The highest BCUT2D eigenvalue weighted by atomic mass is 32.1. The van der Waals surface area contributed by atoms with Crippen molar-refractivity contribution >= 4 is 24.4 Å². The Bertz CT molecular complexity index is 525. The predicted molar refractivity (Wildman–Crippen MR) is 90.3 cm³/mol. The molecule has 1 N–H and O–H groups in total. The van der Waals surface area contributed by atoms with Crippen LogP contribution in [0.15, 0.2) is 29.2 Å². The van der Waals surface area contributed by atoms with Crippen molar-refractivity contribution in [2.75, 3.05) is 13.1 Å². The molecule has 0 aromatic heterocycles. The minimum absolute atomic E-state index is 0.0290. The fourth-order valence-corrected chi connectivity index (χ4v) is 2.95. The largest absolute Gasteiger partial charge is 0.353 e. The van der Waals surface area contributed by atoms with Crippen LogP contribution in [-0.2, 0) is 4.79 Å². The molecule has 120 valence electrons. The quantitative estimate of drug-likeness (QED) is 0.820. The Kier molecular flexibility index (Phi) is 6.31. The van der Waals surface area contributed by atoms with Gasteiger partial charge in [0.1, 0.15) is 0 Å². The van der Waals surface area contributed by atoms with Crippen molar-refractivity contribution in [3.05, 3.63) is 29.8 Å². The summed E-state index contributed by atoms with van der Waals surface area (Å²) in [6.07, 6.45) is 4.20. The summed E-state index contributed by atoms with van der Waals surface area (Å²) < 4.78 is 0. The predicted octanol–water partition coefficient (Wildman–Crippen LogP) is 2.89. The fourth-order valence-electron chi connectivity index (χ4n) is 2.69. The van der Waals surface area contributed by atoms with Crippen LogP contribution in [0.5, 0.6) is 0 Å². The second kappa shape index (κ2) is 8.22. The molecule has 0 atom stereocenters. The van der Waals surface area contributed by atoms with Gasteiger partial charge in [0, 0.05) is 30.4 Å². The van der Waals surface area contributed by atoms with Crippen molar-refractivity contribution in [3.63, 3.8) is 0 Å².